The van der Waals surface area contributed by atoms with Gasteiger partial charge in [0.25, 0.3) is 0 Å². The number of aromatic nitrogens is 1. The van der Waals surface area contributed by atoms with Crippen LogP contribution >= 0.6 is 24.2 Å². The Hall–Kier alpha value is -11.3. The lowest BCUT2D eigenvalue weighted by Crippen LogP contribution is -2.62. The van der Waals surface area contributed by atoms with E-state index in [2.05, 4.69) is 81.4 Å². The number of benzene rings is 4. The molecular weight excluding hydrogens is 1530 g/mol. The Morgan fingerprint density at radius 1 is 0.583 bits per heavy atom. The summed E-state index contributed by atoms with van der Waals surface area (Å²) in [4.78, 5) is 214. The average Bonchev–Trinajstić information content (AvgIpc) is 1.67. The van der Waals surface area contributed by atoms with E-state index in [0.29, 0.717) is 53.1 Å². The molecule has 1 fully saturated rings. The number of fused-ring (bicyclic) bond motifs is 1. The molecule has 4 aromatic carbocycles. The molecule has 5 aromatic rings. The van der Waals surface area contributed by atoms with Crippen molar-refractivity contribution in [2.24, 2.45) is 17.4 Å². The van der Waals surface area contributed by atoms with Crippen LogP contribution in [-0.4, -0.2) is 232 Å². The number of nitrogens with two attached hydrogens (primary N) is 2. The molecule has 2 heterocycles. The number of halogens is 1. The average molecular weight is 1630 g/mol. The summed E-state index contributed by atoms with van der Waals surface area (Å²) < 4.78 is 0. The van der Waals surface area contributed by atoms with Gasteiger partial charge >= 0.3 is 0 Å². The monoisotopic (exact) mass is 1630 g/mol. The van der Waals surface area contributed by atoms with Gasteiger partial charge in [0.2, 0.25) is 88.6 Å². The predicted octanol–water partition coefficient (Wildman–Crippen LogP) is -1.19. The fourth-order valence-corrected chi connectivity index (χ4v) is 13.1. The second-order valence-electron chi connectivity index (χ2n) is 28.9. The summed E-state index contributed by atoms with van der Waals surface area (Å²) in [6.07, 6.45) is 2.60. The third-order valence-electron chi connectivity index (χ3n) is 18.8. The Morgan fingerprint density at radius 3 is 1.74 bits per heavy atom. The number of pyridine rings is 1. The number of likely N-dealkylation sites (tertiary alicyclic amines) is 1. The van der Waals surface area contributed by atoms with Gasteiger partial charge in [0.1, 0.15) is 72.2 Å². The lowest BCUT2D eigenvalue weighted by atomic mass is 9.99. The Morgan fingerprint density at radius 2 is 1.14 bits per heavy atom. The number of unbranched alkanes of at least 4 members (excludes halogenated alkanes) is 1. The number of aliphatic hydroxyl groups excluding tert-OH is 1. The van der Waals surface area contributed by atoms with Crippen LogP contribution in [0.4, 0.5) is 0 Å². The first-order valence-corrected chi connectivity index (χ1v) is 38.9. The molecule has 18 N–H and O–H groups in total. The number of aliphatic hydroxyl groups is 1. The van der Waals surface area contributed by atoms with Crippen LogP contribution in [0.1, 0.15) is 109 Å². The van der Waals surface area contributed by atoms with E-state index in [-0.39, 0.29) is 75.0 Å². The number of hydrogen-bond donors (Lipinski definition) is 17. The highest BCUT2D eigenvalue weighted by Crippen LogP contribution is 2.23. The summed E-state index contributed by atoms with van der Waals surface area (Å²) in [5, 5.41) is 54.9. The summed E-state index contributed by atoms with van der Waals surface area (Å²) in [5.41, 5.74) is 12.9. The van der Waals surface area contributed by atoms with Crippen molar-refractivity contribution in [3.63, 3.8) is 0 Å². The van der Waals surface area contributed by atoms with Crippen LogP contribution in [-0.2, 0) is 97.6 Å². The molecule has 0 bridgehead atoms. The standard InChI is InChI=1S/C79H106ClN17O17S/c1-44(2)32-57(71(106)90-56(17-10-11-30-84-45(3)4)79(114)97-31-13-18-64(97)76(111)87-46(5)70(105)86-40-67(102)85-41-68(103)89-63(43-115)69(82)104)91-75(110)61(38-66(81)101)94-77(112)65(37-49-22-27-55(100)28-23-49)96(7)78(113)62(42-98)95-74(109)60(36-51-14-12-29-83-39-51)93-73(108)59(34-48-20-25-54(80)26-21-48)92-72(107)58(88-47(6)99)35-50-19-24-52-15-8-9-16-53(52)33-50/h8-9,12,14-16,19-29,33,39,44-46,56-65,84,98,100,115H,10-11,13,17-18,30-32,34-38,40-43H2,1-7H3,(H2,81,101)(H2,82,104)(H,85,102)(H,86,105)(H,87,111)(H,88,99)(H,89,103)(H,90,106)(H,91,110)(H,92,107)(H,93,108)(H,94,112)(H,95,109)/t46-,56+,57+,58-,59-,60-,61-,62+,63+,64+,65+/m1/s1. The number of carbonyl (C=O) groups excluding carboxylic acids is 15. The summed E-state index contributed by atoms with van der Waals surface area (Å²) in [7, 11) is 1.16. The van der Waals surface area contributed by atoms with Crippen LogP contribution in [0.2, 0.25) is 5.02 Å². The van der Waals surface area contributed by atoms with E-state index in [1.165, 1.54) is 55.4 Å². The minimum atomic E-state index is -1.88. The fraction of sp³-hybridized carbons (Fsp3) is 0.468. The molecular formula is C79H106ClN17O17S. The molecule has 6 rings (SSSR count). The third kappa shape index (κ3) is 30.5. The fourth-order valence-electron chi connectivity index (χ4n) is 12.7. The van der Waals surface area contributed by atoms with Gasteiger partial charge in [0, 0.05) is 75.4 Å². The van der Waals surface area contributed by atoms with E-state index in [0.717, 1.165) is 22.7 Å². The molecule has 0 aliphatic carbocycles. The Balaban J connectivity index is 1.21. The Bertz CT molecular complexity index is 4220. The van der Waals surface area contributed by atoms with Gasteiger partial charge in [0.15, 0.2) is 0 Å². The molecule has 34 nitrogen and oxygen atoms in total. The van der Waals surface area contributed by atoms with Gasteiger partial charge in [-0.3, -0.25) is 76.9 Å². The predicted molar refractivity (Wildman–Crippen MR) is 429 cm³/mol. The van der Waals surface area contributed by atoms with Gasteiger partial charge in [0.05, 0.1) is 26.1 Å². The molecule has 1 aliphatic rings. The van der Waals surface area contributed by atoms with E-state index in [1.54, 1.807) is 50.2 Å². The number of carbonyl (C=O) groups is 15. The van der Waals surface area contributed by atoms with Crippen molar-refractivity contribution in [1.82, 2.24) is 78.6 Å². The first-order valence-electron chi connectivity index (χ1n) is 37.9. The largest absolute Gasteiger partial charge is 0.508 e. The second kappa shape index (κ2) is 46.2. The molecule has 1 aromatic heterocycles. The highest BCUT2D eigenvalue weighted by molar-refractivity contribution is 7.80. The Labute approximate surface area is 677 Å². The molecule has 1 saturated heterocycles. The Kier molecular flexibility index (Phi) is 37.2. The molecule has 1 aliphatic heterocycles. The number of primary amides is 2. The maximum Gasteiger partial charge on any atom is 0.247 e. The zero-order chi connectivity index (χ0) is 84.6. The quantitative estimate of drug-likeness (QED) is 0.0161. The lowest BCUT2D eigenvalue weighted by molar-refractivity contribution is -0.144. The molecule has 0 unspecified atom stereocenters. The van der Waals surface area contributed by atoms with E-state index in [1.807, 2.05) is 56.3 Å². The first-order chi connectivity index (χ1) is 54.6. The number of rotatable bonds is 45. The van der Waals surface area contributed by atoms with Gasteiger partial charge in [-0.05, 0) is 121 Å². The number of nitrogens with one attached hydrogen (secondary N) is 12. The molecule has 11 atom stereocenters. The van der Waals surface area contributed by atoms with Crippen LogP contribution < -0.4 is 75.3 Å². The van der Waals surface area contributed by atoms with Crippen LogP contribution in [0.15, 0.2) is 116 Å². The number of aromatic hydroxyl groups is 1. The number of thiol groups is 1. The lowest BCUT2D eigenvalue weighted by Gasteiger charge is -2.32. The maximum atomic E-state index is 15.0. The molecule has 15 amide bonds. The molecule has 36 heteroatoms. The van der Waals surface area contributed by atoms with Gasteiger partial charge in [-0.15, -0.1) is 0 Å². The SMILES string of the molecule is CC(=O)N[C@H](Cc1ccc2ccccc2c1)C(=O)N[C@H](Cc1ccc(Cl)cc1)C(=O)N[C@H](Cc1cccnc1)C(=O)N[C@@H](CO)C(=O)N(C)[C@@H](Cc1ccc(O)cc1)C(=O)N[C@H](CC(N)=O)C(=O)N[C@@H](CC(C)C)C(=O)N[C@@H](CCCCNC(C)C)C(=O)N1CCC[C@H]1C(=O)N[C@H](C)C(=O)NCC(=O)NCC(=O)N[C@@H](CS)C(N)=O. The van der Waals surface area contributed by atoms with E-state index >= 15 is 4.79 Å². The van der Waals surface area contributed by atoms with Crippen molar-refractivity contribution in [1.29, 1.82) is 0 Å². The van der Waals surface area contributed by atoms with Gasteiger partial charge < -0.3 is 95.3 Å². The minimum Gasteiger partial charge on any atom is -0.508 e. The highest BCUT2D eigenvalue weighted by atomic mass is 35.5. The summed E-state index contributed by atoms with van der Waals surface area (Å²) >= 11 is 10.2. The third-order valence-corrected chi connectivity index (χ3v) is 19.4. The van der Waals surface area contributed by atoms with Crippen molar-refractivity contribution < 1.29 is 82.1 Å². The maximum absolute atomic E-state index is 15.0. The molecule has 115 heavy (non-hydrogen) atoms. The normalized spacial score (nSPS) is 15.1. The van der Waals surface area contributed by atoms with Gasteiger partial charge in [-0.2, -0.15) is 12.6 Å². The number of nitrogens with zero attached hydrogens (tertiary/aromatic N) is 3. The highest BCUT2D eigenvalue weighted by Gasteiger charge is 2.42. The van der Waals surface area contributed by atoms with Crippen molar-refractivity contribution in [3.8, 4) is 5.75 Å². The zero-order valence-corrected chi connectivity index (χ0v) is 67.0. The zero-order valence-electron chi connectivity index (χ0n) is 65.3. The smallest absolute Gasteiger partial charge is 0.247 e. The van der Waals surface area contributed by atoms with E-state index in [4.69, 9.17) is 23.1 Å². The van der Waals surface area contributed by atoms with Crippen LogP contribution in [0.5, 0.6) is 5.75 Å². The minimum absolute atomic E-state index is 0.0138. The van der Waals surface area contributed by atoms with Crippen molar-refractivity contribution in [2.45, 2.75) is 185 Å². The van der Waals surface area contributed by atoms with Crippen molar-refractivity contribution >= 4 is 124 Å². The first kappa shape index (κ1) is 92.6. The second-order valence-corrected chi connectivity index (χ2v) is 29.7. The van der Waals surface area contributed by atoms with E-state index in [9.17, 15) is 77.3 Å². The molecule has 622 valence electrons. The topological polar surface area (TPSA) is 512 Å². The molecule has 0 saturated carbocycles. The molecule has 0 radical (unpaired) electrons. The van der Waals surface area contributed by atoms with Crippen molar-refractivity contribution in [2.75, 3.05) is 45.6 Å². The number of phenols is 1. The van der Waals surface area contributed by atoms with E-state index < -0.39 is 181 Å². The molecule has 0 spiro atoms. The van der Waals surface area contributed by atoms with Crippen molar-refractivity contribution in [3.05, 3.63) is 143 Å². The van der Waals surface area contributed by atoms with Crippen LogP contribution in [0, 0.1) is 5.92 Å². The number of hydrogen-bond acceptors (Lipinski definition) is 20. The summed E-state index contributed by atoms with van der Waals surface area (Å²) in [6.45, 7) is 8.30. The number of amides is 15. The summed E-state index contributed by atoms with van der Waals surface area (Å²) in [5.74, 6) is -13.6. The number of likely N-dealkylation sites (N-methyl/N-ethyl adjacent to an activating group) is 1. The van der Waals surface area contributed by atoms with Crippen LogP contribution in [0.3, 0.4) is 0 Å². The summed E-state index contributed by atoms with van der Waals surface area (Å²) in [6, 6.07) is 12.4. The van der Waals surface area contributed by atoms with Gasteiger partial charge in [-0.1, -0.05) is 112 Å². The van der Waals surface area contributed by atoms with Gasteiger partial charge in [-0.25, -0.2) is 0 Å². The van der Waals surface area contributed by atoms with Crippen LogP contribution in [0.25, 0.3) is 10.8 Å². The number of phenolic OH excluding ortho intramolecular Hbond substituents is 1.